The summed E-state index contributed by atoms with van der Waals surface area (Å²) < 4.78 is 0. The highest BCUT2D eigenvalue weighted by atomic mass is 32.2. The van der Waals surface area contributed by atoms with E-state index in [-0.39, 0.29) is 11.9 Å². The minimum Gasteiger partial charge on any atom is -0.368 e. The second kappa shape index (κ2) is 7.56. The Balaban J connectivity index is 3.08. The molecule has 0 bridgehead atoms. The number of nitrogens with one attached hydrogen (secondary N) is 1. The van der Waals surface area contributed by atoms with Gasteiger partial charge in [-0.05, 0) is 37.3 Å². The third kappa shape index (κ3) is 4.25. The molecule has 0 fully saturated rings. The van der Waals surface area contributed by atoms with Crippen LogP contribution in [-0.2, 0) is 10.3 Å². The molecule has 19 heavy (non-hydrogen) atoms. The van der Waals surface area contributed by atoms with Gasteiger partial charge >= 0.3 is 0 Å². The largest absolute Gasteiger partial charge is 0.368 e. The Kier molecular flexibility index (Phi) is 6.38. The highest BCUT2D eigenvalue weighted by Crippen LogP contribution is 2.27. The fraction of sp³-hybridized carbons (Fsp3) is 0.533. The summed E-state index contributed by atoms with van der Waals surface area (Å²) >= 11 is 1.83. The van der Waals surface area contributed by atoms with Crippen LogP contribution in [0.1, 0.15) is 32.8 Å². The zero-order valence-corrected chi connectivity index (χ0v) is 12.8. The summed E-state index contributed by atoms with van der Waals surface area (Å²) in [7, 11) is 0. The van der Waals surface area contributed by atoms with Gasteiger partial charge in [0, 0.05) is 6.04 Å². The Morgan fingerprint density at radius 1 is 1.37 bits per heavy atom. The number of amides is 1. The normalized spacial score (nSPS) is 14.3. The van der Waals surface area contributed by atoms with Gasteiger partial charge in [-0.15, -0.1) is 0 Å². The van der Waals surface area contributed by atoms with E-state index in [1.54, 1.807) is 0 Å². The topological polar surface area (TPSA) is 55.1 Å². The average molecular weight is 280 g/mol. The molecule has 3 N–H and O–H groups in total. The molecule has 0 radical (unpaired) electrons. The van der Waals surface area contributed by atoms with E-state index in [4.69, 9.17) is 5.73 Å². The number of benzene rings is 1. The minimum absolute atomic E-state index is 0.194. The molecule has 0 aromatic heterocycles. The predicted octanol–water partition coefficient (Wildman–Crippen LogP) is 2.51. The van der Waals surface area contributed by atoms with E-state index in [0.29, 0.717) is 6.42 Å². The van der Waals surface area contributed by atoms with Gasteiger partial charge in [0.25, 0.3) is 0 Å². The molecule has 0 saturated carbocycles. The van der Waals surface area contributed by atoms with Gasteiger partial charge in [0.05, 0.1) is 0 Å². The van der Waals surface area contributed by atoms with E-state index in [1.807, 2.05) is 55.9 Å². The predicted molar refractivity (Wildman–Crippen MR) is 83.2 cm³/mol. The number of carbonyl (C=O) groups excluding carboxylic acids is 1. The van der Waals surface area contributed by atoms with E-state index in [1.165, 1.54) is 0 Å². The van der Waals surface area contributed by atoms with Crippen LogP contribution in [0.25, 0.3) is 0 Å². The van der Waals surface area contributed by atoms with Crippen LogP contribution in [0.3, 0.4) is 0 Å². The molecule has 1 unspecified atom stereocenters. The molecule has 106 valence electrons. The highest BCUT2D eigenvalue weighted by Gasteiger charge is 2.38. The number of nitrogens with two attached hydrogens (primary N) is 1. The van der Waals surface area contributed by atoms with E-state index in [2.05, 4.69) is 12.2 Å². The monoisotopic (exact) mass is 280 g/mol. The number of hydrogen-bond acceptors (Lipinski definition) is 3. The first-order valence-corrected chi connectivity index (χ1v) is 7.89. The maximum Gasteiger partial charge on any atom is 0.242 e. The van der Waals surface area contributed by atoms with E-state index in [9.17, 15) is 4.79 Å². The Morgan fingerprint density at radius 3 is 2.47 bits per heavy atom. The van der Waals surface area contributed by atoms with Crippen molar-refractivity contribution in [3.8, 4) is 0 Å². The molecule has 1 rings (SSSR count). The fourth-order valence-electron chi connectivity index (χ4n) is 2.22. The van der Waals surface area contributed by atoms with Crippen molar-refractivity contribution in [1.29, 1.82) is 0 Å². The molecule has 1 atom stereocenters. The SMILES string of the molecule is CCSCCC(NC(C)C)(C(N)=O)c1ccccc1. The summed E-state index contributed by atoms with van der Waals surface area (Å²) in [6.45, 7) is 6.19. The average Bonchev–Trinajstić information content (AvgIpc) is 2.38. The van der Waals surface area contributed by atoms with Crippen LogP contribution in [0.2, 0.25) is 0 Å². The van der Waals surface area contributed by atoms with E-state index >= 15 is 0 Å². The van der Waals surface area contributed by atoms with Crippen LogP contribution in [0.4, 0.5) is 0 Å². The summed E-state index contributed by atoms with van der Waals surface area (Å²) in [5.74, 6) is 1.66. The van der Waals surface area contributed by atoms with Crippen LogP contribution < -0.4 is 11.1 Å². The Hall–Kier alpha value is -1.00. The second-order valence-electron chi connectivity index (χ2n) is 4.88. The van der Waals surface area contributed by atoms with Gasteiger partial charge < -0.3 is 5.73 Å². The second-order valence-corrected chi connectivity index (χ2v) is 6.28. The minimum atomic E-state index is -0.766. The van der Waals surface area contributed by atoms with Crippen molar-refractivity contribution in [2.45, 2.75) is 38.8 Å². The van der Waals surface area contributed by atoms with Crippen LogP contribution in [0.5, 0.6) is 0 Å². The van der Waals surface area contributed by atoms with Crippen molar-refractivity contribution in [3.05, 3.63) is 35.9 Å². The molecule has 4 heteroatoms. The third-order valence-electron chi connectivity index (χ3n) is 3.05. The van der Waals surface area contributed by atoms with Crippen molar-refractivity contribution in [2.75, 3.05) is 11.5 Å². The molecule has 3 nitrogen and oxygen atoms in total. The quantitative estimate of drug-likeness (QED) is 0.719. The Morgan fingerprint density at radius 2 is 2.00 bits per heavy atom. The molecule has 1 aromatic rings. The summed E-state index contributed by atoms with van der Waals surface area (Å²) in [6.07, 6.45) is 0.711. The van der Waals surface area contributed by atoms with Gasteiger partial charge in [-0.2, -0.15) is 11.8 Å². The van der Waals surface area contributed by atoms with Crippen molar-refractivity contribution in [3.63, 3.8) is 0 Å². The smallest absolute Gasteiger partial charge is 0.242 e. The van der Waals surface area contributed by atoms with Crippen LogP contribution in [0.15, 0.2) is 30.3 Å². The van der Waals surface area contributed by atoms with Crippen molar-refractivity contribution >= 4 is 17.7 Å². The summed E-state index contributed by atoms with van der Waals surface area (Å²) in [4.78, 5) is 12.1. The first kappa shape index (κ1) is 16.1. The number of carbonyl (C=O) groups is 1. The summed E-state index contributed by atoms with van der Waals surface area (Å²) in [5, 5.41) is 3.38. The lowest BCUT2D eigenvalue weighted by Crippen LogP contribution is -2.55. The molecule has 0 heterocycles. The van der Waals surface area contributed by atoms with Crippen LogP contribution in [-0.4, -0.2) is 23.5 Å². The third-order valence-corrected chi connectivity index (χ3v) is 3.95. The van der Waals surface area contributed by atoms with Crippen molar-refractivity contribution in [1.82, 2.24) is 5.32 Å². The van der Waals surface area contributed by atoms with Crippen molar-refractivity contribution in [2.24, 2.45) is 5.73 Å². The Labute approximate surface area is 120 Å². The standard InChI is InChI=1S/C15H24N2OS/c1-4-19-11-10-15(14(16)18,17-12(2)3)13-8-6-5-7-9-13/h5-9,12,17H,4,10-11H2,1-3H3,(H2,16,18). The molecule has 0 aliphatic rings. The highest BCUT2D eigenvalue weighted by molar-refractivity contribution is 7.99. The zero-order valence-electron chi connectivity index (χ0n) is 12.0. The molecule has 0 aliphatic heterocycles. The first-order valence-electron chi connectivity index (χ1n) is 6.73. The Bertz CT molecular complexity index is 394. The first-order chi connectivity index (χ1) is 9.03. The molecule has 0 saturated heterocycles. The number of rotatable bonds is 8. The number of primary amides is 1. The van der Waals surface area contributed by atoms with E-state index < -0.39 is 5.54 Å². The lowest BCUT2D eigenvalue weighted by atomic mass is 9.85. The fourth-order valence-corrected chi connectivity index (χ4v) is 2.96. The van der Waals surface area contributed by atoms with Gasteiger partial charge in [0.15, 0.2) is 0 Å². The lowest BCUT2D eigenvalue weighted by molar-refractivity contribution is -0.125. The maximum absolute atomic E-state index is 12.1. The molecular weight excluding hydrogens is 256 g/mol. The maximum atomic E-state index is 12.1. The number of thioether (sulfide) groups is 1. The van der Waals surface area contributed by atoms with Crippen LogP contribution in [0, 0.1) is 0 Å². The molecule has 0 aliphatic carbocycles. The van der Waals surface area contributed by atoms with Crippen LogP contribution >= 0.6 is 11.8 Å². The molecule has 0 spiro atoms. The van der Waals surface area contributed by atoms with Gasteiger partial charge in [0.2, 0.25) is 5.91 Å². The van der Waals surface area contributed by atoms with Gasteiger partial charge in [0.1, 0.15) is 5.54 Å². The molecular formula is C15H24N2OS. The van der Waals surface area contributed by atoms with Gasteiger partial charge in [-0.1, -0.05) is 37.3 Å². The van der Waals surface area contributed by atoms with Crippen molar-refractivity contribution < 1.29 is 4.79 Å². The number of hydrogen-bond donors (Lipinski definition) is 2. The summed E-state index contributed by atoms with van der Waals surface area (Å²) in [6, 6.07) is 9.97. The van der Waals surface area contributed by atoms with E-state index in [0.717, 1.165) is 17.1 Å². The van der Waals surface area contributed by atoms with Gasteiger partial charge in [-0.25, -0.2) is 0 Å². The molecule has 1 amide bonds. The zero-order chi connectivity index (χ0) is 14.3. The molecule has 1 aromatic carbocycles. The van der Waals surface area contributed by atoms with Gasteiger partial charge in [-0.3, -0.25) is 10.1 Å². The summed E-state index contributed by atoms with van der Waals surface area (Å²) in [5.41, 5.74) is 5.91. The lowest BCUT2D eigenvalue weighted by Gasteiger charge is -2.34.